The van der Waals surface area contributed by atoms with Crippen LogP contribution in [0, 0.1) is 5.92 Å². The van der Waals surface area contributed by atoms with Crippen molar-refractivity contribution in [3.05, 3.63) is 0 Å². The molecule has 2 aliphatic rings. The van der Waals surface area contributed by atoms with Crippen molar-refractivity contribution in [3.8, 4) is 0 Å². The Morgan fingerprint density at radius 1 is 1.36 bits per heavy atom. The van der Waals surface area contributed by atoms with Crippen molar-refractivity contribution in [2.45, 2.75) is 44.2 Å². The molecule has 0 aromatic heterocycles. The maximum absolute atomic E-state index is 12.4. The minimum absolute atomic E-state index is 0.0281. The number of ketones is 1. The van der Waals surface area contributed by atoms with Gasteiger partial charge in [0.15, 0.2) is 0 Å². The summed E-state index contributed by atoms with van der Waals surface area (Å²) in [5.41, 5.74) is 5.26. The lowest BCUT2D eigenvalue weighted by Gasteiger charge is -2.27. The molecular weight excluding hydrogens is 290 g/mol. The Labute approximate surface area is 128 Å². The van der Waals surface area contributed by atoms with E-state index in [2.05, 4.69) is 5.32 Å². The molecule has 8 heteroatoms. The number of Topliss-reactive ketones (excluding diaryl/α,β-unsaturated/α-hetero) is 1. The number of rotatable bonds is 5. The summed E-state index contributed by atoms with van der Waals surface area (Å²) in [4.78, 5) is 48.3. The monoisotopic (exact) mass is 311 g/mol. The lowest BCUT2D eigenvalue weighted by atomic mass is 10.1. The van der Waals surface area contributed by atoms with Crippen LogP contribution in [0.2, 0.25) is 0 Å². The number of primary amides is 1. The van der Waals surface area contributed by atoms with Crippen LogP contribution in [0.15, 0.2) is 0 Å². The maximum atomic E-state index is 12.4. The molecule has 3 amide bonds. The normalized spacial score (nSPS) is 26.0. The van der Waals surface area contributed by atoms with Crippen LogP contribution in [0.5, 0.6) is 0 Å². The minimum Gasteiger partial charge on any atom is -0.394 e. The standard InChI is InChI=1S/C14H21N3O5/c15-12(20)11-2-1-5-17(11)14(22)10(7-18)16-13(21)8-3-4-9(19)6-8/h8,10-11,18H,1-7H2,(H2,15,20)(H,16,21)/t8?,10-,11-/m0/s1. The van der Waals surface area contributed by atoms with Gasteiger partial charge >= 0.3 is 0 Å². The van der Waals surface area contributed by atoms with Gasteiger partial charge in [0.1, 0.15) is 17.9 Å². The summed E-state index contributed by atoms with van der Waals surface area (Å²) in [6, 6.07) is -1.80. The molecule has 122 valence electrons. The van der Waals surface area contributed by atoms with Crippen LogP contribution in [0.4, 0.5) is 0 Å². The molecule has 1 saturated heterocycles. The molecule has 2 fully saturated rings. The number of nitrogens with one attached hydrogen (secondary N) is 1. The average Bonchev–Trinajstić information content (AvgIpc) is 3.12. The van der Waals surface area contributed by atoms with Crippen LogP contribution in [0.3, 0.4) is 0 Å². The zero-order chi connectivity index (χ0) is 16.3. The van der Waals surface area contributed by atoms with Crippen LogP contribution < -0.4 is 11.1 Å². The van der Waals surface area contributed by atoms with E-state index in [1.165, 1.54) is 4.90 Å². The number of amides is 3. The highest BCUT2D eigenvalue weighted by molar-refractivity contribution is 5.94. The zero-order valence-electron chi connectivity index (χ0n) is 12.3. The van der Waals surface area contributed by atoms with Gasteiger partial charge in [0.25, 0.3) is 0 Å². The third kappa shape index (κ3) is 3.44. The minimum atomic E-state index is -1.11. The predicted octanol–water partition coefficient (Wildman–Crippen LogP) is -1.69. The summed E-state index contributed by atoms with van der Waals surface area (Å²) in [6.45, 7) is -0.187. The topological polar surface area (TPSA) is 130 Å². The van der Waals surface area contributed by atoms with E-state index in [9.17, 15) is 24.3 Å². The van der Waals surface area contributed by atoms with Gasteiger partial charge in [0.2, 0.25) is 17.7 Å². The van der Waals surface area contributed by atoms with Gasteiger partial charge in [-0.1, -0.05) is 0 Å². The summed E-state index contributed by atoms with van der Waals surface area (Å²) in [5.74, 6) is -1.93. The van der Waals surface area contributed by atoms with E-state index < -0.39 is 42.3 Å². The molecule has 3 atom stereocenters. The summed E-state index contributed by atoms with van der Waals surface area (Å²) >= 11 is 0. The molecule has 1 heterocycles. The quantitative estimate of drug-likeness (QED) is 0.558. The molecular formula is C14H21N3O5. The van der Waals surface area contributed by atoms with Crippen molar-refractivity contribution in [1.29, 1.82) is 0 Å². The first-order valence-electron chi connectivity index (χ1n) is 7.46. The summed E-state index contributed by atoms with van der Waals surface area (Å²) in [7, 11) is 0. The molecule has 8 nitrogen and oxygen atoms in total. The van der Waals surface area contributed by atoms with Gasteiger partial charge < -0.3 is 21.1 Å². The molecule has 0 aromatic rings. The molecule has 0 radical (unpaired) electrons. The first kappa shape index (κ1) is 16.4. The van der Waals surface area contributed by atoms with E-state index in [1.807, 2.05) is 0 Å². The van der Waals surface area contributed by atoms with E-state index in [0.717, 1.165) is 0 Å². The molecule has 1 saturated carbocycles. The molecule has 4 N–H and O–H groups in total. The number of likely N-dealkylation sites (tertiary alicyclic amines) is 1. The number of carbonyl (C=O) groups is 4. The van der Waals surface area contributed by atoms with E-state index in [0.29, 0.717) is 32.2 Å². The number of nitrogens with two attached hydrogens (primary N) is 1. The molecule has 1 aliphatic carbocycles. The first-order chi connectivity index (χ1) is 10.4. The molecule has 0 bridgehead atoms. The summed E-state index contributed by atoms with van der Waals surface area (Å²) < 4.78 is 0. The largest absolute Gasteiger partial charge is 0.394 e. The van der Waals surface area contributed by atoms with Crippen molar-refractivity contribution in [2.75, 3.05) is 13.2 Å². The Morgan fingerprint density at radius 3 is 2.64 bits per heavy atom. The average molecular weight is 311 g/mol. The summed E-state index contributed by atoms with van der Waals surface area (Å²) in [5, 5.41) is 11.9. The fourth-order valence-corrected chi connectivity index (χ4v) is 3.04. The van der Waals surface area contributed by atoms with Crippen LogP contribution in [0.1, 0.15) is 32.1 Å². The molecule has 22 heavy (non-hydrogen) atoms. The Kier molecular flexibility index (Phi) is 5.12. The Hall–Kier alpha value is -1.96. The SMILES string of the molecule is NC(=O)[C@@H]1CCCN1C(=O)[C@H](CO)NC(=O)C1CCC(=O)C1. The number of carbonyl (C=O) groups excluding carboxylic acids is 4. The Bertz CT molecular complexity index is 493. The van der Waals surface area contributed by atoms with Crippen LogP contribution in [-0.2, 0) is 19.2 Å². The highest BCUT2D eigenvalue weighted by atomic mass is 16.3. The lowest BCUT2D eigenvalue weighted by molar-refractivity contribution is -0.142. The van der Waals surface area contributed by atoms with Crippen molar-refractivity contribution >= 4 is 23.5 Å². The fourth-order valence-electron chi connectivity index (χ4n) is 3.04. The number of nitrogens with zero attached hydrogens (tertiary/aromatic N) is 1. The molecule has 0 aromatic carbocycles. The lowest BCUT2D eigenvalue weighted by Crippen LogP contribution is -2.54. The smallest absolute Gasteiger partial charge is 0.248 e. The van der Waals surface area contributed by atoms with Gasteiger partial charge in [-0.15, -0.1) is 0 Å². The van der Waals surface area contributed by atoms with Gasteiger partial charge in [0, 0.05) is 25.3 Å². The number of hydrogen-bond acceptors (Lipinski definition) is 5. The van der Waals surface area contributed by atoms with Crippen molar-refractivity contribution in [1.82, 2.24) is 10.2 Å². The Balaban J connectivity index is 1.98. The molecule has 0 spiro atoms. The molecule has 1 aliphatic heterocycles. The number of aliphatic hydroxyl groups excluding tert-OH is 1. The number of aliphatic hydroxyl groups is 1. The summed E-state index contributed by atoms with van der Waals surface area (Å²) in [6.07, 6.45) is 2.15. The van der Waals surface area contributed by atoms with E-state index in [4.69, 9.17) is 5.73 Å². The second kappa shape index (κ2) is 6.87. The van der Waals surface area contributed by atoms with E-state index in [1.54, 1.807) is 0 Å². The van der Waals surface area contributed by atoms with Gasteiger partial charge in [-0.3, -0.25) is 19.2 Å². The van der Waals surface area contributed by atoms with Crippen molar-refractivity contribution in [3.63, 3.8) is 0 Å². The molecule has 2 rings (SSSR count). The third-order valence-electron chi connectivity index (χ3n) is 4.28. The molecule has 1 unspecified atom stereocenters. The Morgan fingerprint density at radius 2 is 2.09 bits per heavy atom. The zero-order valence-corrected chi connectivity index (χ0v) is 12.3. The first-order valence-corrected chi connectivity index (χ1v) is 7.46. The third-order valence-corrected chi connectivity index (χ3v) is 4.28. The highest BCUT2D eigenvalue weighted by Crippen LogP contribution is 2.22. The van der Waals surface area contributed by atoms with Gasteiger partial charge in [-0.25, -0.2) is 0 Å². The van der Waals surface area contributed by atoms with E-state index >= 15 is 0 Å². The van der Waals surface area contributed by atoms with Gasteiger partial charge in [-0.05, 0) is 19.3 Å². The van der Waals surface area contributed by atoms with E-state index in [-0.39, 0.29) is 12.2 Å². The van der Waals surface area contributed by atoms with Crippen LogP contribution in [-0.4, -0.2) is 58.7 Å². The maximum Gasteiger partial charge on any atom is 0.248 e. The van der Waals surface area contributed by atoms with Crippen molar-refractivity contribution in [2.24, 2.45) is 11.7 Å². The predicted molar refractivity (Wildman–Crippen MR) is 75.3 cm³/mol. The fraction of sp³-hybridized carbons (Fsp3) is 0.714. The van der Waals surface area contributed by atoms with Gasteiger partial charge in [-0.2, -0.15) is 0 Å². The number of hydrogen-bond donors (Lipinski definition) is 3. The second-order valence-corrected chi connectivity index (χ2v) is 5.81. The second-order valence-electron chi connectivity index (χ2n) is 5.81. The van der Waals surface area contributed by atoms with Crippen LogP contribution in [0.25, 0.3) is 0 Å². The van der Waals surface area contributed by atoms with Gasteiger partial charge in [0.05, 0.1) is 6.61 Å². The van der Waals surface area contributed by atoms with Crippen molar-refractivity contribution < 1.29 is 24.3 Å². The highest BCUT2D eigenvalue weighted by Gasteiger charge is 2.37. The van der Waals surface area contributed by atoms with Crippen LogP contribution >= 0.6 is 0 Å².